The van der Waals surface area contributed by atoms with Gasteiger partial charge in [-0.3, -0.25) is 9.89 Å². The van der Waals surface area contributed by atoms with Crippen LogP contribution >= 0.6 is 0 Å². The number of halogens is 3. The van der Waals surface area contributed by atoms with Gasteiger partial charge in [-0.15, -0.1) is 0 Å². The van der Waals surface area contributed by atoms with Crippen LogP contribution in [0.25, 0.3) is 22.2 Å². The molecule has 0 saturated heterocycles. The highest BCUT2D eigenvalue weighted by atomic mass is 19.1. The zero-order valence-corrected chi connectivity index (χ0v) is 16.4. The maximum Gasteiger partial charge on any atom is 0.269 e. The van der Waals surface area contributed by atoms with Gasteiger partial charge in [-0.05, 0) is 72.2 Å². The molecule has 158 valence electrons. The molecule has 0 spiro atoms. The highest BCUT2D eigenvalue weighted by Crippen LogP contribution is 2.48. The first-order valence-electron chi connectivity index (χ1n) is 10.0. The van der Waals surface area contributed by atoms with E-state index in [-0.39, 0.29) is 29.1 Å². The molecule has 8 heteroatoms. The largest absolute Gasteiger partial charge is 0.352 e. The number of nitrogens with zero attached hydrogens (tertiary/aromatic N) is 1. The molecule has 31 heavy (non-hydrogen) atoms. The van der Waals surface area contributed by atoms with Crippen LogP contribution in [0.15, 0.2) is 48.7 Å². The molecular weight excluding hydrogens is 405 g/mol. The smallest absolute Gasteiger partial charge is 0.269 e. The lowest BCUT2D eigenvalue weighted by Gasteiger charge is -2.36. The molecule has 1 fully saturated rings. The molecule has 2 aromatic heterocycles. The summed E-state index contributed by atoms with van der Waals surface area (Å²) < 4.78 is 41.8. The number of carbonyl (C=O) groups excluding carboxylic acids is 1. The van der Waals surface area contributed by atoms with Crippen LogP contribution in [0.1, 0.15) is 34.8 Å². The molecule has 1 aliphatic rings. The molecule has 5 nitrogen and oxygen atoms in total. The molecule has 0 radical (unpaired) electrons. The Bertz CT molecular complexity index is 1240. The summed E-state index contributed by atoms with van der Waals surface area (Å²) in [4.78, 5) is 15.2. The number of H-pyrrole nitrogens is 2. The van der Waals surface area contributed by atoms with Gasteiger partial charge >= 0.3 is 0 Å². The molecule has 1 amide bonds. The van der Waals surface area contributed by atoms with Crippen LogP contribution in [0.2, 0.25) is 0 Å². The van der Waals surface area contributed by atoms with Crippen molar-refractivity contribution >= 4 is 16.8 Å². The van der Waals surface area contributed by atoms with Gasteiger partial charge in [0.05, 0.1) is 11.2 Å². The van der Waals surface area contributed by atoms with E-state index in [1.807, 2.05) is 0 Å². The Labute approximate surface area is 175 Å². The molecule has 2 heterocycles. The van der Waals surface area contributed by atoms with Gasteiger partial charge in [0.25, 0.3) is 5.91 Å². The van der Waals surface area contributed by atoms with Crippen molar-refractivity contribution in [3.05, 3.63) is 77.4 Å². The first kappa shape index (κ1) is 19.4. The third kappa shape index (κ3) is 3.58. The number of nitrogens with one attached hydrogen (secondary N) is 3. The highest BCUT2D eigenvalue weighted by molar-refractivity contribution is 5.93. The third-order valence-electron chi connectivity index (χ3n) is 5.94. The third-order valence-corrected chi connectivity index (χ3v) is 5.94. The summed E-state index contributed by atoms with van der Waals surface area (Å²) in [6.07, 6.45) is 3.05. The number of aromatic nitrogens is 3. The number of hydrogen-bond donors (Lipinski definition) is 3. The minimum absolute atomic E-state index is 0.0732. The quantitative estimate of drug-likeness (QED) is 0.426. The zero-order valence-electron chi connectivity index (χ0n) is 16.4. The number of carbonyl (C=O) groups is 1. The average molecular weight is 424 g/mol. The second-order valence-corrected chi connectivity index (χ2v) is 7.95. The van der Waals surface area contributed by atoms with Gasteiger partial charge in [0.2, 0.25) is 0 Å². The molecule has 5 rings (SSSR count). The summed E-state index contributed by atoms with van der Waals surface area (Å²) in [5, 5.41) is 9.77. The molecule has 2 aromatic carbocycles. The van der Waals surface area contributed by atoms with Gasteiger partial charge in [0, 0.05) is 24.2 Å². The maximum atomic E-state index is 14.4. The van der Waals surface area contributed by atoms with E-state index in [9.17, 15) is 18.0 Å². The van der Waals surface area contributed by atoms with E-state index in [1.165, 1.54) is 24.4 Å². The Morgan fingerprint density at radius 3 is 2.55 bits per heavy atom. The SMILES string of the molecule is O=C(NC[C@H]1C[C@H](c2c(-c3ccc(F)cc3)[nH]c3c(F)cc(F)cc32)C1)c1ccn[nH]1. The van der Waals surface area contributed by atoms with Crippen molar-refractivity contribution in [3.63, 3.8) is 0 Å². The van der Waals surface area contributed by atoms with E-state index in [4.69, 9.17) is 0 Å². The topological polar surface area (TPSA) is 73.6 Å². The van der Waals surface area contributed by atoms with Crippen LogP contribution in [0, 0.1) is 23.4 Å². The molecule has 1 aliphatic carbocycles. The maximum absolute atomic E-state index is 14.4. The number of hydrogen-bond acceptors (Lipinski definition) is 2. The molecule has 0 bridgehead atoms. The van der Waals surface area contributed by atoms with Crippen LogP contribution in [0.4, 0.5) is 13.2 Å². The van der Waals surface area contributed by atoms with Gasteiger partial charge in [-0.1, -0.05) is 0 Å². The van der Waals surface area contributed by atoms with Crippen LogP contribution in [-0.4, -0.2) is 27.6 Å². The Balaban J connectivity index is 1.41. The van der Waals surface area contributed by atoms with Crippen molar-refractivity contribution in [2.24, 2.45) is 5.92 Å². The Morgan fingerprint density at radius 1 is 1.06 bits per heavy atom. The van der Waals surface area contributed by atoms with E-state index in [0.717, 1.165) is 24.5 Å². The summed E-state index contributed by atoms with van der Waals surface area (Å²) >= 11 is 0. The van der Waals surface area contributed by atoms with Gasteiger partial charge < -0.3 is 10.3 Å². The summed E-state index contributed by atoms with van der Waals surface area (Å²) in [5.41, 5.74) is 2.85. The van der Waals surface area contributed by atoms with Crippen molar-refractivity contribution in [2.75, 3.05) is 6.54 Å². The van der Waals surface area contributed by atoms with E-state index in [0.29, 0.717) is 28.9 Å². The predicted molar refractivity (Wildman–Crippen MR) is 110 cm³/mol. The molecule has 4 aromatic rings. The summed E-state index contributed by atoms with van der Waals surface area (Å²) in [5.74, 6) is -1.56. The van der Waals surface area contributed by atoms with Crippen molar-refractivity contribution in [1.29, 1.82) is 0 Å². The fourth-order valence-corrected chi connectivity index (χ4v) is 4.36. The lowest BCUT2D eigenvalue weighted by molar-refractivity contribution is 0.0930. The molecule has 0 atom stereocenters. The highest BCUT2D eigenvalue weighted by Gasteiger charge is 2.35. The fourth-order valence-electron chi connectivity index (χ4n) is 4.36. The van der Waals surface area contributed by atoms with Crippen molar-refractivity contribution in [3.8, 4) is 11.3 Å². The van der Waals surface area contributed by atoms with E-state index < -0.39 is 11.6 Å². The minimum atomic E-state index is -0.660. The molecule has 1 saturated carbocycles. The molecule has 3 N–H and O–H groups in total. The van der Waals surface area contributed by atoms with Crippen molar-refractivity contribution < 1.29 is 18.0 Å². The van der Waals surface area contributed by atoms with E-state index in [2.05, 4.69) is 20.5 Å². The number of aromatic amines is 2. The van der Waals surface area contributed by atoms with Crippen LogP contribution in [-0.2, 0) is 0 Å². The monoisotopic (exact) mass is 424 g/mol. The predicted octanol–water partition coefficient (Wildman–Crippen LogP) is 4.90. The second-order valence-electron chi connectivity index (χ2n) is 7.95. The first-order valence-corrected chi connectivity index (χ1v) is 10.0. The Hall–Kier alpha value is -3.55. The summed E-state index contributed by atoms with van der Waals surface area (Å²) in [7, 11) is 0. The van der Waals surface area contributed by atoms with Gasteiger partial charge in [0.1, 0.15) is 23.1 Å². The van der Waals surface area contributed by atoms with Crippen LogP contribution in [0.5, 0.6) is 0 Å². The summed E-state index contributed by atoms with van der Waals surface area (Å²) in [6, 6.07) is 9.72. The lowest BCUT2D eigenvalue weighted by atomic mass is 9.70. The molecular formula is C23H19F3N4O. The number of amides is 1. The van der Waals surface area contributed by atoms with E-state index >= 15 is 0 Å². The number of benzene rings is 2. The minimum Gasteiger partial charge on any atom is -0.352 e. The fraction of sp³-hybridized carbons (Fsp3) is 0.217. The standard InChI is InChI=1S/C23H19F3N4O/c24-15-3-1-13(2-4-15)21-20(17-9-16(25)10-18(26)22(17)29-21)14-7-12(8-14)11-27-23(31)19-5-6-28-30-19/h1-6,9-10,12,14,29H,7-8,11H2,(H,27,31)(H,28,30)/t12-,14-. The number of fused-ring (bicyclic) bond motifs is 1. The Kier molecular flexibility index (Phi) is 4.77. The first-order chi connectivity index (χ1) is 15.0. The number of rotatable bonds is 5. The van der Waals surface area contributed by atoms with Crippen molar-refractivity contribution in [1.82, 2.24) is 20.5 Å². The molecule has 0 aliphatic heterocycles. The average Bonchev–Trinajstić information content (AvgIpc) is 3.36. The van der Waals surface area contributed by atoms with Gasteiger partial charge in [-0.2, -0.15) is 5.10 Å². The summed E-state index contributed by atoms with van der Waals surface area (Å²) in [6.45, 7) is 0.505. The zero-order chi connectivity index (χ0) is 21.5. The van der Waals surface area contributed by atoms with Gasteiger partial charge in [-0.25, -0.2) is 13.2 Å². The normalized spacial score (nSPS) is 18.2. The van der Waals surface area contributed by atoms with Crippen LogP contribution in [0.3, 0.4) is 0 Å². The van der Waals surface area contributed by atoms with Gasteiger partial charge in [0.15, 0.2) is 0 Å². The van der Waals surface area contributed by atoms with Crippen LogP contribution < -0.4 is 5.32 Å². The van der Waals surface area contributed by atoms with E-state index in [1.54, 1.807) is 18.2 Å². The molecule has 0 unspecified atom stereocenters. The second kappa shape index (κ2) is 7.61. The Morgan fingerprint density at radius 2 is 1.84 bits per heavy atom. The van der Waals surface area contributed by atoms with Crippen molar-refractivity contribution in [2.45, 2.75) is 18.8 Å². The lowest BCUT2D eigenvalue weighted by Crippen LogP contribution is -2.35.